The average Bonchev–Trinajstić information content (AvgIpc) is 3.19. The summed E-state index contributed by atoms with van der Waals surface area (Å²) in [4.78, 5) is 11.0. The molecule has 1 aliphatic heterocycles. The van der Waals surface area contributed by atoms with Crippen molar-refractivity contribution in [3.05, 3.63) is 12.4 Å². The quantitative estimate of drug-likeness (QED) is 0.825. The van der Waals surface area contributed by atoms with Crippen LogP contribution >= 0.6 is 0 Å². The van der Waals surface area contributed by atoms with Crippen LogP contribution in [-0.2, 0) is 0 Å². The predicted octanol–water partition coefficient (Wildman–Crippen LogP) is 1.99. The van der Waals surface area contributed by atoms with Crippen molar-refractivity contribution in [3.8, 4) is 5.88 Å². The fourth-order valence-electron chi connectivity index (χ4n) is 2.71. The molecule has 1 atom stereocenters. The maximum atomic E-state index is 5.61. The average molecular weight is 276 g/mol. The third kappa shape index (κ3) is 3.39. The lowest BCUT2D eigenvalue weighted by atomic mass is 10.2. The zero-order valence-electron chi connectivity index (χ0n) is 12.2. The molecule has 0 radical (unpaired) electrons. The predicted molar refractivity (Wildman–Crippen MR) is 79.2 cm³/mol. The summed E-state index contributed by atoms with van der Waals surface area (Å²) >= 11 is 0. The van der Waals surface area contributed by atoms with Crippen molar-refractivity contribution in [2.45, 2.75) is 51.1 Å². The fourth-order valence-corrected chi connectivity index (χ4v) is 2.71. The van der Waals surface area contributed by atoms with Gasteiger partial charge in [0.05, 0.1) is 6.61 Å². The standard InChI is InChI=1S/C15H24N4O/c1-2-8-20-15-9-14(17-11-18-15)19-7-3-4-13(19)10-16-12-5-6-12/h9,11-13,16H,2-8,10H2,1H3. The first-order valence-corrected chi connectivity index (χ1v) is 7.81. The summed E-state index contributed by atoms with van der Waals surface area (Å²) in [7, 11) is 0. The molecule has 1 unspecified atom stereocenters. The van der Waals surface area contributed by atoms with Crippen LogP contribution in [0.15, 0.2) is 12.4 Å². The van der Waals surface area contributed by atoms with Gasteiger partial charge in [-0.25, -0.2) is 9.97 Å². The van der Waals surface area contributed by atoms with E-state index >= 15 is 0 Å². The van der Waals surface area contributed by atoms with E-state index in [1.807, 2.05) is 6.07 Å². The van der Waals surface area contributed by atoms with E-state index in [0.29, 0.717) is 18.5 Å². The fraction of sp³-hybridized carbons (Fsp3) is 0.733. The van der Waals surface area contributed by atoms with E-state index in [-0.39, 0.29) is 0 Å². The van der Waals surface area contributed by atoms with Crippen molar-refractivity contribution in [1.29, 1.82) is 0 Å². The van der Waals surface area contributed by atoms with Gasteiger partial charge in [0.2, 0.25) is 5.88 Å². The van der Waals surface area contributed by atoms with Gasteiger partial charge in [0.15, 0.2) is 0 Å². The minimum atomic E-state index is 0.560. The van der Waals surface area contributed by atoms with Crippen molar-refractivity contribution >= 4 is 5.82 Å². The number of aromatic nitrogens is 2. The highest BCUT2D eigenvalue weighted by molar-refractivity contribution is 5.43. The second-order valence-corrected chi connectivity index (χ2v) is 5.73. The summed E-state index contributed by atoms with van der Waals surface area (Å²) in [6.45, 7) is 4.96. The molecule has 1 saturated heterocycles. The van der Waals surface area contributed by atoms with Crippen LogP contribution < -0.4 is 15.0 Å². The van der Waals surface area contributed by atoms with E-state index in [1.54, 1.807) is 6.33 Å². The lowest BCUT2D eigenvalue weighted by molar-refractivity contribution is 0.304. The molecule has 5 heteroatoms. The van der Waals surface area contributed by atoms with Crippen molar-refractivity contribution in [3.63, 3.8) is 0 Å². The van der Waals surface area contributed by atoms with E-state index in [4.69, 9.17) is 4.74 Å². The third-order valence-corrected chi connectivity index (χ3v) is 3.97. The number of nitrogens with one attached hydrogen (secondary N) is 1. The van der Waals surface area contributed by atoms with Gasteiger partial charge in [-0.2, -0.15) is 0 Å². The Kier molecular flexibility index (Phi) is 4.35. The Balaban J connectivity index is 1.63. The molecule has 20 heavy (non-hydrogen) atoms. The molecule has 0 bridgehead atoms. The molecule has 2 fully saturated rings. The second kappa shape index (κ2) is 6.39. The molecule has 2 heterocycles. The van der Waals surface area contributed by atoms with Crippen LogP contribution in [0.4, 0.5) is 5.82 Å². The Morgan fingerprint density at radius 1 is 1.35 bits per heavy atom. The number of hydrogen-bond acceptors (Lipinski definition) is 5. The monoisotopic (exact) mass is 276 g/mol. The van der Waals surface area contributed by atoms with Gasteiger partial charge < -0.3 is 15.0 Å². The maximum Gasteiger partial charge on any atom is 0.218 e. The molecule has 2 aliphatic rings. The van der Waals surface area contributed by atoms with E-state index < -0.39 is 0 Å². The summed E-state index contributed by atoms with van der Waals surface area (Å²) in [6.07, 6.45) is 7.78. The van der Waals surface area contributed by atoms with Crippen LogP contribution in [0.2, 0.25) is 0 Å². The van der Waals surface area contributed by atoms with E-state index in [9.17, 15) is 0 Å². The molecule has 0 spiro atoms. The van der Waals surface area contributed by atoms with Crippen LogP contribution in [0.5, 0.6) is 5.88 Å². The Morgan fingerprint density at radius 2 is 2.25 bits per heavy atom. The zero-order chi connectivity index (χ0) is 13.8. The molecule has 5 nitrogen and oxygen atoms in total. The smallest absolute Gasteiger partial charge is 0.218 e. The summed E-state index contributed by atoms with van der Waals surface area (Å²) in [5.41, 5.74) is 0. The SMILES string of the molecule is CCCOc1cc(N2CCCC2CNC2CC2)ncn1. The van der Waals surface area contributed by atoms with Gasteiger partial charge in [0.25, 0.3) is 0 Å². The van der Waals surface area contributed by atoms with Gasteiger partial charge in [-0.1, -0.05) is 6.92 Å². The number of nitrogens with zero attached hydrogens (tertiary/aromatic N) is 3. The zero-order valence-corrected chi connectivity index (χ0v) is 12.2. The van der Waals surface area contributed by atoms with Gasteiger partial charge in [0, 0.05) is 31.2 Å². The highest BCUT2D eigenvalue weighted by Crippen LogP contribution is 2.26. The van der Waals surface area contributed by atoms with Gasteiger partial charge in [0.1, 0.15) is 12.1 Å². The van der Waals surface area contributed by atoms with Crippen LogP contribution in [0.25, 0.3) is 0 Å². The molecule has 1 aromatic rings. The molecule has 1 N–H and O–H groups in total. The van der Waals surface area contributed by atoms with Crippen molar-refractivity contribution in [2.24, 2.45) is 0 Å². The lowest BCUT2D eigenvalue weighted by Crippen LogP contribution is -2.39. The van der Waals surface area contributed by atoms with Crippen LogP contribution in [0, 0.1) is 0 Å². The number of hydrogen-bond donors (Lipinski definition) is 1. The molecule has 0 aromatic carbocycles. The summed E-state index contributed by atoms with van der Waals surface area (Å²) < 4.78 is 5.61. The molecule has 3 rings (SSSR count). The molecule has 1 saturated carbocycles. The Labute approximate surface area is 120 Å². The molecule has 0 amide bonds. The Bertz CT molecular complexity index is 436. The second-order valence-electron chi connectivity index (χ2n) is 5.73. The van der Waals surface area contributed by atoms with Crippen LogP contribution in [0.1, 0.15) is 39.0 Å². The largest absolute Gasteiger partial charge is 0.478 e. The van der Waals surface area contributed by atoms with Gasteiger partial charge in [-0.15, -0.1) is 0 Å². The first kappa shape index (κ1) is 13.6. The number of anilines is 1. The van der Waals surface area contributed by atoms with Crippen LogP contribution in [-0.4, -0.2) is 41.7 Å². The van der Waals surface area contributed by atoms with Crippen LogP contribution in [0.3, 0.4) is 0 Å². The van der Waals surface area contributed by atoms with Crippen molar-refractivity contribution < 1.29 is 4.74 Å². The Morgan fingerprint density at radius 3 is 3.05 bits per heavy atom. The molecular formula is C15H24N4O. The number of ether oxygens (including phenoxy) is 1. The van der Waals surface area contributed by atoms with Gasteiger partial charge in [-0.05, 0) is 32.1 Å². The first-order chi connectivity index (χ1) is 9.86. The minimum absolute atomic E-state index is 0.560. The van der Waals surface area contributed by atoms with E-state index in [0.717, 1.165) is 31.4 Å². The molecule has 1 aliphatic carbocycles. The summed E-state index contributed by atoms with van der Waals surface area (Å²) in [5.74, 6) is 1.70. The lowest BCUT2D eigenvalue weighted by Gasteiger charge is -2.26. The Hall–Kier alpha value is -1.36. The van der Waals surface area contributed by atoms with Gasteiger partial charge >= 0.3 is 0 Å². The first-order valence-electron chi connectivity index (χ1n) is 7.81. The van der Waals surface area contributed by atoms with E-state index in [2.05, 4.69) is 27.1 Å². The third-order valence-electron chi connectivity index (χ3n) is 3.97. The number of rotatable bonds is 7. The summed E-state index contributed by atoms with van der Waals surface area (Å²) in [6, 6.07) is 3.31. The molecule has 110 valence electrons. The highest BCUT2D eigenvalue weighted by atomic mass is 16.5. The van der Waals surface area contributed by atoms with Gasteiger partial charge in [-0.3, -0.25) is 0 Å². The molecular weight excluding hydrogens is 252 g/mol. The normalized spacial score (nSPS) is 22.2. The molecule has 1 aromatic heterocycles. The van der Waals surface area contributed by atoms with Crippen molar-refractivity contribution in [2.75, 3.05) is 24.6 Å². The highest BCUT2D eigenvalue weighted by Gasteiger charge is 2.28. The summed E-state index contributed by atoms with van der Waals surface area (Å²) in [5, 5.41) is 3.63. The topological polar surface area (TPSA) is 50.3 Å². The van der Waals surface area contributed by atoms with E-state index in [1.165, 1.54) is 25.7 Å². The maximum absolute atomic E-state index is 5.61. The minimum Gasteiger partial charge on any atom is -0.478 e. The van der Waals surface area contributed by atoms with Crippen molar-refractivity contribution in [1.82, 2.24) is 15.3 Å².